The van der Waals surface area contributed by atoms with Gasteiger partial charge in [-0.15, -0.1) is 0 Å². The van der Waals surface area contributed by atoms with Gasteiger partial charge < -0.3 is 4.74 Å². The zero-order valence-corrected chi connectivity index (χ0v) is 9.84. The van der Waals surface area contributed by atoms with Crippen molar-refractivity contribution in [1.29, 1.82) is 0 Å². The molecule has 0 aromatic heterocycles. The maximum absolute atomic E-state index is 13.6. The van der Waals surface area contributed by atoms with Crippen LogP contribution in [0, 0.1) is 11.7 Å². The van der Waals surface area contributed by atoms with Crippen molar-refractivity contribution in [1.82, 2.24) is 0 Å². The molecule has 0 saturated heterocycles. The Morgan fingerprint density at radius 3 is 2.88 bits per heavy atom. The van der Waals surface area contributed by atoms with Crippen LogP contribution in [0.2, 0.25) is 5.02 Å². The molecule has 86 valence electrons. The van der Waals surface area contributed by atoms with Gasteiger partial charge >= 0.3 is 0 Å². The fourth-order valence-corrected chi connectivity index (χ4v) is 1.96. The minimum atomic E-state index is -0.567. The van der Waals surface area contributed by atoms with Crippen LogP contribution < -0.4 is 4.74 Å². The Hall–Kier alpha value is -1.09. The van der Waals surface area contributed by atoms with Crippen LogP contribution in [0.15, 0.2) is 12.1 Å². The first-order chi connectivity index (χ1) is 7.50. The van der Waals surface area contributed by atoms with Gasteiger partial charge in [-0.1, -0.05) is 25.4 Å². The molecule has 0 N–H and O–H groups in total. The molecule has 0 aliphatic carbocycles. The van der Waals surface area contributed by atoms with Crippen LogP contribution in [-0.4, -0.2) is 11.9 Å². The van der Waals surface area contributed by atoms with Gasteiger partial charge in [-0.25, -0.2) is 4.39 Å². The molecule has 1 aliphatic rings. The molecule has 0 amide bonds. The van der Waals surface area contributed by atoms with E-state index in [1.165, 1.54) is 6.07 Å². The van der Waals surface area contributed by atoms with E-state index >= 15 is 0 Å². The topological polar surface area (TPSA) is 26.3 Å². The van der Waals surface area contributed by atoms with Crippen molar-refractivity contribution in [3.05, 3.63) is 28.5 Å². The number of hydrogen-bond acceptors (Lipinski definition) is 2. The molecular formula is C12H12ClFO2. The van der Waals surface area contributed by atoms with E-state index in [9.17, 15) is 9.18 Å². The van der Waals surface area contributed by atoms with Gasteiger partial charge in [-0.05, 0) is 12.1 Å². The summed E-state index contributed by atoms with van der Waals surface area (Å²) in [5, 5.41) is 0.0694. The number of ketones is 1. The highest BCUT2D eigenvalue weighted by Crippen LogP contribution is 2.35. The second kappa shape index (κ2) is 4.06. The number of benzene rings is 1. The molecule has 1 aromatic carbocycles. The van der Waals surface area contributed by atoms with Crippen molar-refractivity contribution < 1.29 is 13.9 Å². The Kier molecular flexibility index (Phi) is 2.89. The first-order valence-corrected chi connectivity index (χ1v) is 5.55. The van der Waals surface area contributed by atoms with E-state index in [0.29, 0.717) is 11.3 Å². The Bertz CT molecular complexity index is 443. The smallest absolute Gasteiger partial charge is 0.176 e. The van der Waals surface area contributed by atoms with Crippen LogP contribution >= 0.6 is 11.6 Å². The minimum absolute atomic E-state index is 0.00766. The van der Waals surface area contributed by atoms with Crippen molar-refractivity contribution in [2.45, 2.75) is 26.4 Å². The molecule has 0 radical (unpaired) electrons. The molecule has 1 aliphatic heterocycles. The molecule has 1 heterocycles. The first-order valence-electron chi connectivity index (χ1n) is 5.18. The summed E-state index contributed by atoms with van der Waals surface area (Å²) in [5.41, 5.74) is 0.409. The lowest BCUT2D eigenvalue weighted by Gasteiger charge is -2.11. The molecule has 0 saturated carbocycles. The predicted octanol–water partition coefficient (Wildman–Crippen LogP) is 3.01. The van der Waals surface area contributed by atoms with Crippen LogP contribution in [0.25, 0.3) is 0 Å². The fraction of sp³-hybridized carbons (Fsp3) is 0.417. The van der Waals surface area contributed by atoms with Crippen LogP contribution in [0.1, 0.15) is 19.4 Å². The Morgan fingerprint density at radius 1 is 1.56 bits per heavy atom. The highest BCUT2D eigenvalue weighted by molar-refractivity contribution is 6.30. The van der Waals surface area contributed by atoms with Gasteiger partial charge in [0.15, 0.2) is 11.9 Å². The van der Waals surface area contributed by atoms with E-state index in [0.717, 1.165) is 0 Å². The molecule has 2 rings (SSSR count). The number of ether oxygens (including phenoxy) is 1. The molecule has 0 bridgehead atoms. The largest absolute Gasteiger partial charge is 0.482 e. The second-order valence-electron chi connectivity index (χ2n) is 4.21. The summed E-state index contributed by atoms with van der Waals surface area (Å²) in [4.78, 5) is 11.7. The summed E-state index contributed by atoms with van der Waals surface area (Å²) in [6, 6.07) is 3.05. The Balaban J connectivity index is 2.28. The quantitative estimate of drug-likeness (QED) is 0.797. The molecule has 1 atom stereocenters. The summed E-state index contributed by atoms with van der Waals surface area (Å²) in [6.45, 7) is 3.61. The van der Waals surface area contributed by atoms with E-state index in [1.54, 1.807) is 19.9 Å². The lowest BCUT2D eigenvalue weighted by molar-refractivity contribution is -0.128. The third-order valence-electron chi connectivity index (χ3n) is 2.70. The van der Waals surface area contributed by atoms with Crippen LogP contribution in [0.3, 0.4) is 0 Å². The molecular weight excluding hydrogens is 231 g/mol. The van der Waals surface area contributed by atoms with Gasteiger partial charge in [-0.3, -0.25) is 4.79 Å². The second-order valence-corrected chi connectivity index (χ2v) is 4.61. The third-order valence-corrected chi connectivity index (χ3v) is 2.99. The number of rotatable bonds is 2. The third kappa shape index (κ3) is 1.80. The van der Waals surface area contributed by atoms with Gasteiger partial charge in [0.25, 0.3) is 0 Å². The summed E-state index contributed by atoms with van der Waals surface area (Å²) in [5.74, 6) is -0.163. The van der Waals surface area contributed by atoms with E-state index in [-0.39, 0.29) is 23.1 Å². The fourth-order valence-electron chi connectivity index (χ4n) is 1.79. The Morgan fingerprint density at radius 2 is 2.25 bits per heavy atom. The Labute approximate surface area is 98.4 Å². The van der Waals surface area contributed by atoms with Crippen LogP contribution in [0.5, 0.6) is 5.75 Å². The van der Waals surface area contributed by atoms with Crippen molar-refractivity contribution in [2.75, 3.05) is 0 Å². The minimum Gasteiger partial charge on any atom is -0.482 e. The van der Waals surface area contributed by atoms with Gasteiger partial charge in [-0.2, -0.15) is 0 Å². The van der Waals surface area contributed by atoms with Gasteiger partial charge in [0, 0.05) is 17.9 Å². The van der Waals surface area contributed by atoms with Crippen molar-refractivity contribution in [2.24, 2.45) is 5.92 Å². The molecule has 4 heteroatoms. The highest BCUT2D eigenvalue weighted by Gasteiger charge is 2.32. The maximum atomic E-state index is 13.6. The number of carbonyl (C=O) groups is 1. The standard InChI is InChI=1S/C12H12ClFO2/c1-6(2)12(15)10-5-7-9(16-10)4-3-8(13)11(7)14/h3-4,6,10H,5H2,1-2H3. The summed E-state index contributed by atoms with van der Waals surface area (Å²) in [6.07, 6.45) is -0.290. The average molecular weight is 243 g/mol. The summed E-state index contributed by atoms with van der Waals surface area (Å²) >= 11 is 5.67. The van der Waals surface area contributed by atoms with E-state index in [2.05, 4.69) is 0 Å². The highest BCUT2D eigenvalue weighted by atomic mass is 35.5. The SMILES string of the molecule is CC(C)C(=O)C1Cc2c(ccc(Cl)c2F)O1. The number of Topliss-reactive ketones (excluding diaryl/α,β-unsaturated/α-hetero) is 1. The zero-order chi connectivity index (χ0) is 11.9. The van der Waals surface area contributed by atoms with Crippen molar-refractivity contribution in [3.63, 3.8) is 0 Å². The zero-order valence-electron chi connectivity index (χ0n) is 9.09. The maximum Gasteiger partial charge on any atom is 0.176 e. The van der Waals surface area contributed by atoms with Crippen LogP contribution in [0.4, 0.5) is 4.39 Å². The first kappa shape index (κ1) is 11.4. The van der Waals surface area contributed by atoms with Crippen molar-refractivity contribution >= 4 is 17.4 Å². The van der Waals surface area contributed by atoms with Crippen LogP contribution in [-0.2, 0) is 11.2 Å². The van der Waals surface area contributed by atoms with Gasteiger partial charge in [0.2, 0.25) is 0 Å². The number of halogens is 2. The van der Waals surface area contributed by atoms with Gasteiger partial charge in [0.05, 0.1) is 5.02 Å². The molecule has 16 heavy (non-hydrogen) atoms. The molecule has 0 fully saturated rings. The predicted molar refractivity (Wildman–Crippen MR) is 59.4 cm³/mol. The van der Waals surface area contributed by atoms with Gasteiger partial charge in [0.1, 0.15) is 11.6 Å². The van der Waals surface area contributed by atoms with Crippen molar-refractivity contribution in [3.8, 4) is 5.75 Å². The number of carbonyl (C=O) groups excluding carboxylic acids is 1. The van der Waals surface area contributed by atoms with E-state index < -0.39 is 11.9 Å². The number of fused-ring (bicyclic) bond motifs is 1. The number of hydrogen-bond donors (Lipinski definition) is 0. The van der Waals surface area contributed by atoms with E-state index in [1.807, 2.05) is 0 Å². The monoisotopic (exact) mass is 242 g/mol. The molecule has 1 unspecified atom stereocenters. The van der Waals surface area contributed by atoms with E-state index in [4.69, 9.17) is 16.3 Å². The average Bonchev–Trinajstić information content (AvgIpc) is 2.67. The molecule has 2 nitrogen and oxygen atoms in total. The lowest BCUT2D eigenvalue weighted by Crippen LogP contribution is -2.29. The summed E-state index contributed by atoms with van der Waals surface area (Å²) < 4.78 is 19.0. The molecule has 0 spiro atoms. The molecule has 1 aromatic rings. The normalized spacial score (nSPS) is 18.4. The summed E-state index contributed by atoms with van der Waals surface area (Å²) in [7, 11) is 0. The lowest BCUT2D eigenvalue weighted by atomic mass is 10.00.